The molecule has 2 amide bonds. The second-order valence-electron chi connectivity index (χ2n) is 8.31. The summed E-state index contributed by atoms with van der Waals surface area (Å²) in [4.78, 5) is 37.9. The SMILES string of the molecule is C=CCc1nc(NN2C(=O)C=C(C)C2=O)c2c(C)c(-c3ccc(OCCN(C)C)cc3)sc2n1.Cl. The fourth-order valence-corrected chi connectivity index (χ4v) is 4.81. The molecule has 8 nitrogen and oxygen atoms in total. The molecule has 1 aliphatic rings. The van der Waals surface area contributed by atoms with Crippen molar-refractivity contribution in [3.05, 3.63) is 60.0 Å². The molecule has 0 bridgehead atoms. The molecule has 0 saturated heterocycles. The van der Waals surface area contributed by atoms with E-state index in [9.17, 15) is 9.59 Å². The predicted octanol–water partition coefficient (Wildman–Crippen LogP) is 4.40. The highest BCUT2D eigenvalue weighted by atomic mass is 35.5. The minimum Gasteiger partial charge on any atom is -0.492 e. The number of imide groups is 1. The van der Waals surface area contributed by atoms with Gasteiger partial charge >= 0.3 is 0 Å². The lowest BCUT2D eigenvalue weighted by Gasteiger charge is -2.17. The number of hydrazine groups is 1. The summed E-state index contributed by atoms with van der Waals surface area (Å²) in [5.41, 5.74) is 5.32. The minimum atomic E-state index is -0.419. The van der Waals surface area contributed by atoms with Crippen molar-refractivity contribution in [2.75, 3.05) is 32.7 Å². The fourth-order valence-electron chi connectivity index (χ4n) is 3.61. The van der Waals surface area contributed by atoms with E-state index in [0.29, 0.717) is 30.2 Å². The van der Waals surface area contributed by atoms with E-state index in [1.54, 1.807) is 24.3 Å². The number of nitrogens with zero attached hydrogens (tertiary/aromatic N) is 4. The van der Waals surface area contributed by atoms with Crippen LogP contribution in [0.3, 0.4) is 0 Å². The first-order valence-electron chi connectivity index (χ1n) is 10.9. The van der Waals surface area contributed by atoms with Crippen molar-refractivity contribution < 1.29 is 14.3 Å². The number of nitrogens with one attached hydrogen (secondary N) is 1. The topological polar surface area (TPSA) is 87.7 Å². The number of anilines is 1. The molecule has 0 saturated carbocycles. The Morgan fingerprint density at radius 3 is 2.49 bits per heavy atom. The summed E-state index contributed by atoms with van der Waals surface area (Å²) in [6.07, 6.45) is 3.50. The molecule has 0 aliphatic carbocycles. The third kappa shape index (κ3) is 5.53. The number of allylic oxidation sites excluding steroid dienone is 1. The molecule has 4 rings (SSSR count). The third-order valence-corrected chi connectivity index (χ3v) is 6.64. The third-order valence-electron chi connectivity index (χ3n) is 5.41. The van der Waals surface area contributed by atoms with Crippen LogP contribution in [0, 0.1) is 6.92 Å². The molecule has 2 aromatic heterocycles. The molecule has 0 atom stereocenters. The first kappa shape index (κ1) is 26.3. The van der Waals surface area contributed by atoms with Gasteiger partial charge in [-0.3, -0.25) is 15.0 Å². The van der Waals surface area contributed by atoms with Crippen LogP contribution in [0.5, 0.6) is 5.75 Å². The van der Waals surface area contributed by atoms with E-state index in [0.717, 1.165) is 43.5 Å². The average molecular weight is 514 g/mol. The number of fused-ring (bicyclic) bond motifs is 1. The number of thiophene rings is 1. The molecule has 3 heterocycles. The van der Waals surface area contributed by atoms with Crippen LogP contribution in [-0.2, 0) is 16.0 Å². The number of aromatic nitrogens is 2. The van der Waals surface area contributed by atoms with Gasteiger partial charge in [-0.15, -0.1) is 30.3 Å². The lowest BCUT2D eigenvalue weighted by atomic mass is 10.1. The Balaban J connectivity index is 0.00000342. The van der Waals surface area contributed by atoms with E-state index in [4.69, 9.17) is 9.72 Å². The Morgan fingerprint density at radius 2 is 1.89 bits per heavy atom. The van der Waals surface area contributed by atoms with E-state index in [2.05, 4.69) is 21.9 Å². The number of aryl methyl sites for hydroxylation is 1. The summed E-state index contributed by atoms with van der Waals surface area (Å²) >= 11 is 1.54. The number of carbonyl (C=O) groups excluding carboxylic acids is 2. The number of halogens is 1. The van der Waals surface area contributed by atoms with Crippen molar-refractivity contribution in [3.63, 3.8) is 0 Å². The quantitative estimate of drug-likeness (QED) is 0.335. The second kappa shape index (κ2) is 11.0. The number of hydrogen-bond donors (Lipinski definition) is 1. The van der Waals surface area contributed by atoms with Gasteiger partial charge in [-0.25, -0.2) is 9.97 Å². The molecular formula is C25H28ClN5O3S. The lowest BCUT2D eigenvalue weighted by Crippen LogP contribution is -2.36. The number of hydrogen-bond acceptors (Lipinski definition) is 8. The summed E-state index contributed by atoms with van der Waals surface area (Å²) < 4.78 is 5.81. The maximum atomic E-state index is 12.4. The number of ether oxygens (including phenoxy) is 1. The van der Waals surface area contributed by atoms with Crippen LogP contribution >= 0.6 is 23.7 Å². The number of likely N-dealkylation sites (N-methyl/N-ethyl adjacent to an activating group) is 1. The van der Waals surface area contributed by atoms with Crippen LogP contribution in [0.4, 0.5) is 5.82 Å². The number of carbonyl (C=O) groups is 2. The van der Waals surface area contributed by atoms with Crippen LogP contribution in [0.2, 0.25) is 0 Å². The molecule has 35 heavy (non-hydrogen) atoms. The van der Waals surface area contributed by atoms with E-state index in [1.807, 2.05) is 45.3 Å². The number of benzene rings is 1. The van der Waals surface area contributed by atoms with E-state index in [-0.39, 0.29) is 18.3 Å². The van der Waals surface area contributed by atoms with Crippen molar-refractivity contribution in [2.24, 2.45) is 0 Å². The van der Waals surface area contributed by atoms with Gasteiger partial charge in [0.2, 0.25) is 0 Å². The zero-order valence-electron chi connectivity index (χ0n) is 20.1. The van der Waals surface area contributed by atoms with Gasteiger partial charge in [-0.05, 0) is 63.3 Å². The minimum absolute atomic E-state index is 0. The van der Waals surface area contributed by atoms with Crippen LogP contribution in [0.1, 0.15) is 18.3 Å². The van der Waals surface area contributed by atoms with Crippen molar-refractivity contribution >= 4 is 51.6 Å². The maximum absolute atomic E-state index is 12.4. The van der Waals surface area contributed by atoms with Crippen LogP contribution < -0.4 is 10.2 Å². The summed E-state index contributed by atoms with van der Waals surface area (Å²) in [5, 5.41) is 1.77. The molecule has 1 aromatic carbocycles. The zero-order valence-corrected chi connectivity index (χ0v) is 21.8. The molecule has 0 fully saturated rings. The maximum Gasteiger partial charge on any atom is 0.275 e. The van der Waals surface area contributed by atoms with Crippen LogP contribution in [-0.4, -0.2) is 58.9 Å². The van der Waals surface area contributed by atoms with Gasteiger partial charge in [0, 0.05) is 29.5 Å². The highest BCUT2D eigenvalue weighted by Gasteiger charge is 2.30. The Morgan fingerprint density at radius 1 is 1.17 bits per heavy atom. The summed E-state index contributed by atoms with van der Waals surface area (Å²) in [6.45, 7) is 8.84. The van der Waals surface area contributed by atoms with Crippen LogP contribution in [0.25, 0.3) is 20.7 Å². The van der Waals surface area contributed by atoms with Crippen molar-refractivity contribution in [1.82, 2.24) is 19.9 Å². The Kier molecular flexibility index (Phi) is 8.26. The standard InChI is InChI=1S/C25H27N5O3S.ClH/c1-6-7-19-26-23(28-30-20(31)14-15(2)25(30)32)21-16(3)22(34-24(21)27-19)17-8-10-18(11-9-17)33-13-12-29(4)5;/h6,8-11,14H,1,7,12-13H2,2-5H3,(H,26,27,28);1H. The average Bonchev–Trinajstić information content (AvgIpc) is 3.25. The smallest absolute Gasteiger partial charge is 0.275 e. The van der Waals surface area contributed by atoms with Gasteiger partial charge in [0.25, 0.3) is 11.8 Å². The zero-order chi connectivity index (χ0) is 24.4. The lowest BCUT2D eigenvalue weighted by molar-refractivity contribution is -0.135. The summed E-state index contributed by atoms with van der Waals surface area (Å²) in [6, 6.07) is 7.96. The molecular weight excluding hydrogens is 486 g/mol. The van der Waals surface area contributed by atoms with Gasteiger partial charge < -0.3 is 9.64 Å². The summed E-state index contributed by atoms with van der Waals surface area (Å²) in [7, 11) is 4.02. The molecule has 0 spiro atoms. The van der Waals surface area contributed by atoms with Crippen LogP contribution in [0.15, 0.2) is 48.6 Å². The molecule has 0 unspecified atom stereocenters. The van der Waals surface area contributed by atoms with Gasteiger partial charge in [-0.2, -0.15) is 5.01 Å². The highest BCUT2D eigenvalue weighted by Crippen LogP contribution is 2.40. The molecule has 10 heteroatoms. The van der Waals surface area contributed by atoms with E-state index in [1.165, 1.54) is 6.08 Å². The largest absolute Gasteiger partial charge is 0.492 e. The Bertz CT molecular complexity index is 1300. The fraction of sp³-hybridized carbons (Fsp3) is 0.280. The molecule has 0 radical (unpaired) electrons. The van der Waals surface area contributed by atoms with E-state index >= 15 is 0 Å². The molecule has 1 aliphatic heterocycles. The van der Waals surface area contributed by atoms with Crippen molar-refractivity contribution in [3.8, 4) is 16.2 Å². The van der Waals surface area contributed by atoms with Gasteiger partial charge in [0.1, 0.15) is 23.0 Å². The predicted molar refractivity (Wildman–Crippen MR) is 142 cm³/mol. The second-order valence-corrected chi connectivity index (χ2v) is 9.31. The monoisotopic (exact) mass is 513 g/mol. The highest BCUT2D eigenvalue weighted by molar-refractivity contribution is 7.22. The summed E-state index contributed by atoms with van der Waals surface area (Å²) in [5.74, 6) is 0.993. The Hall–Kier alpha value is -3.27. The number of rotatable bonds is 9. The van der Waals surface area contributed by atoms with Gasteiger partial charge in [0.05, 0.1) is 5.39 Å². The van der Waals surface area contributed by atoms with Gasteiger partial charge in [0.15, 0.2) is 5.82 Å². The molecule has 184 valence electrons. The Labute approximate surface area is 214 Å². The number of amides is 2. The molecule has 1 N–H and O–H groups in total. The van der Waals surface area contributed by atoms with Crippen molar-refractivity contribution in [2.45, 2.75) is 20.3 Å². The first-order valence-corrected chi connectivity index (χ1v) is 11.7. The van der Waals surface area contributed by atoms with E-state index < -0.39 is 5.91 Å². The van der Waals surface area contributed by atoms with Crippen molar-refractivity contribution in [1.29, 1.82) is 0 Å². The normalized spacial score (nSPS) is 13.3. The molecule has 3 aromatic rings. The first-order chi connectivity index (χ1) is 16.3. The van der Waals surface area contributed by atoms with Gasteiger partial charge in [-0.1, -0.05) is 6.08 Å².